The van der Waals surface area contributed by atoms with E-state index in [0.29, 0.717) is 18.7 Å². The Morgan fingerprint density at radius 3 is 2.80 bits per heavy atom. The second-order valence-corrected chi connectivity index (χ2v) is 3.23. The molecule has 0 heterocycles. The Morgan fingerprint density at radius 2 is 2.27 bits per heavy atom. The van der Waals surface area contributed by atoms with E-state index >= 15 is 0 Å². The number of benzene rings is 1. The fourth-order valence-corrected chi connectivity index (χ4v) is 1.26. The summed E-state index contributed by atoms with van der Waals surface area (Å²) in [6, 6.07) is 5.13. The summed E-state index contributed by atoms with van der Waals surface area (Å²) in [5.41, 5.74) is 0.796. The molecule has 1 rings (SSSR count). The topological polar surface area (TPSA) is 58.6 Å². The fourth-order valence-electron chi connectivity index (χ4n) is 1.26. The number of carbonyl (C=O) groups is 1. The van der Waals surface area contributed by atoms with Gasteiger partial charge in [0.2, 0.25) is 5.91 Å². The van der Waals surface area contributed by atoms with Gasteiger partial charge in [-0.1, -0.05) is 6.07 Å². The third-order valence-electron chi connectivity index (χ3n) is 2.06. The summed E-state index contributed by atoms with van der Waals surface area (Å²) >= 11 is 0. The van der Waals surface area contributed by atoms with E-state index < -0.39 is 0 Å². The highest BCUT2D eigenvalue weighted by molar-refractivity contribution is 5.72. The van der Waals surface area contributed by atoms with Gasteiger partial charge in [-0.2, -0.15) is 0 Å². The van der Waals surface area contributed by atoms with E-state index in [1.807, 2.05) is 0 Å². The second kappa shape index (κ2) is 5.24. The minimum Gasteiger partial charge on any atom is -0.508 e. The molecule has 0 bridgehead atoms. The van der Waals surface area contributed by atoms with Crippen molar-refractivity contribution in [2.45, 2.75) is 13.3 Å². The van der Waals surface area contributed by atoms with E-state index in [0.717, 1.165) is 5.56 Å². The van der Waals surface area contributed by atoms with Gasteiger partial charge in [0, 0.05) is 19.5 Å². The van der Waals surface area contributed by atoms with Crippen LogP contribution < -0.4 is 10.1 Å². The van der Waals surface area contributed by atoms with E-state index in [2.05, 4.69) is 5.32 Å². The van der Waals surface area contributed by atoms with Gasteiger partial charge in [0.25, 0.3) is 0 Å². The largest absolute Gasteiger partial charge is 0.508 e. The first-order valence-electron chi connectivity index (χ1n) is 4.74. The Bertz CT molecular complexity index is 350. The van der Waals surface area contributed by atoms with Gasteiger partial charge in [-0.05, 0) is 18.1 Å². The van der Waals surface area contributed by atoms with Crippen LogP contribution in [0.1, 0.15) is 12.5 Å². The maximum absolute atomic E-state index is 10.6. The van der Waals surface area contributed by atoms with Crippen molar-refractivity contribution in [1.82, 2.24) is 5.32 Å². The molecule has 0 fully saturated rings. The molecule has 0 atom stereocenters. The third-order valence-corrected chi connectivity index (χ3v) is 2.06. The molecule has 4 heteroatoms. The zero-order chi connectivity index (χ0) is 11.3. The number of carbonyl (C=O) groups excluding carboxylic acids is 1. The number of aromatic hydroxyl groups is 1. The van der Waals surface area contributed by atoms with E-state index in [9.17, 15) is 9.90 Å². The molecule has 0 saturated heterocycles. The highest BCUT2D eigenvalue weighted by Crippen LogP contribution is 2.23. The van der Waals surface area contributed by atoms with Gasteiger partial charge in [-0.15, -0.1) is 0 Å². The van der Waals surface area contributed by atoms with Gasteiger partial charge in [0.15, 0.2) is 0 Å². The first-order chi connectivity index (χ1) is 7.13. The molecule has 0 aliphatic heterocycles. The Kier molecular flexibility index (Phi) is 3.97. The van der Waals surface area contributed by atoms with Gasteiger partial charge in [0.1, 0.15) is 11.5 Å². The van der Waals surface area contributed by atoms with Gasteiger partial charge < -0.3 is 15.2 Å². The lowest BCUT2D eigenvalue weighted by molar-refractivity contribution is -0.118. The van der Waals surface area contributed by atoms with Crippen molar-refractivity contribution in [3.8, 4) is 11.5 Å². The average molecular weight is 209 g/mol. The van der Waals surface area contributed by atoms with Crippen LogP contribution in [0.3, 0.4) is 0 Å². The van der Waals surface area contributed by atoms with Crippen LogP contribution >= 0.6 is 0 Å². The number of rotatable bonds is 4. The lowest BCUT2D eigenvalue weighted by atomic mass is 10.1. The molecule has 0 aliphatic carbocycles. The molecule has 1 amide bonds. The first kappa shape index (κ1) is 11.4. The van der Waals surface area contributed by atoms with Crippen LogP contribution in [0.2, 0.25) is 0 Å². The Morgan fingerprint density at radius 1 is 1.53 bits per heavy atom. The van der Waals surface area contributed by atoms with Crippen molar-refractivity contribution in [1.29, 1.82) is 0 Å². The molecule has 0 aliphatic rings. The summed E-state index contributed by atoms with van der Waals surface area (Å²) in [5.74, 6) is 0.749. The minimum absolute atomic E-state index is 0.0667. The number of amides is 1. The number of ether oxygens (including phenoxy) is 1. The van der Waals surface area contributed by atoms with E-state index in [4.69, 9.17) is 4.74 Å². The number of hydrogen-bond donors (Lipinski definition) is 2. The maximum Gasteiger partial charge on any atom is 0.216 e. The van der Waals surface area contributed by atoms with Gasteiger partial charge in [-0.25, -0.2) is 0 Å². The third kappa shape index (κ3) is 3.50. The minimum atomic E-state index is -0.0667. The summed E-state index contributed by atoms with van der Waals surface area (Å²) < 4.78 is 4.96. The highest BCUT2D eigenvalue weighted by Gasteiger charge is 2.02. The van der Waals surface area contributed by atoms with Crippen LogP contribution in [-0.2, 0) is 11.2 Å². The molecule has 2 N–H and O–H groups in total. The van der Waals surface area contributed by atoms with E-state index in [-0.39, 0.29) is 11.7 Å². The van der Waals surface area contributed by atoms with Crippen molar-refractivity contribution in [2.24, 2.45) is 0 Å². The van der Waals surface area contributed by atoms with Gasteiger partial charge in [-0.3, -0.25) is 4.79 Å². The molecule has 15 heavy (non-hydrogen) atoms. The Labute approximate surface area is 88.9 Å². The number of phenolic OH excluding ortho intramolecular Hbond substituents is 1. The quantitative estimate of drug-likeness (QED) is 0.780. The molecule has 0 radical (unpaired) electrons. The summed E-state index contributed by atoms with van der Waals surface area (Å²) in [6.07, 6.45) is 0.607. The highest BCUT2D eigenvalue weighted by atomic mass is 16.5. The summed E-state index contributed by atoms with van der Waals surface area (Å²) in [5, 5.41) is 12.3. The zero-order valence-electron chi connectivity index (χ0n) is 8.91. The normalized spacial score (nSPS) is 9.73. The van der Waals surface area contributed by atoms with Crippen LogP contribution in [0.4, 0.5) is 0 Å². The van der Waals surface area contributed by atoms with E-state index in [1.54, 1.807) is 25.3 Å². The van der Waals surface area contributed by atoms with Crippen LogP contribution in [0, 0.1) is 0 Å². The number of nitrogens with one attached hydrogen (secondary N) is 1. The molecular formula is C11H15NO3. The maximum atomic E-state index is 10.6. The molecule has 82 valence electrons. The molecule has 0 spiro atoms. The molecule has 1 aromatic rings. The average Bonchev–Trinajstić information content (AvgIpc) is 2.20. The van der Waals surface area contributed by atoms with Crippen molar-refractivity contribution < 1.29 is 14.6 Å². The lowest BCUT2D eigenvalue weighted by Crippen LogP contribution is -2.22. The van der Waals surface area contributed by atoms with Crippen molar-refractivity contribution in [3.63, 3.8) is 0 Å². The summed E-state index contributed by atoms with van der Waals surface area (Å²) in [6.45, 7) is 1.99. The number of hydrogen-bond acceptors (Lipinski definition) is 3. The van der Waals surface area contributed by atoms with Gasteiger partial charge >= 0.3 is 0 Å². The van der Waals surface area contributed by atoms with E-state index in [1.165, 1.54) is 6.92 Å². The molecule has 0 unspecified atom stereocenters. The number of methoxy groups -OCH3 is 1. The Hall–Kier alpha value is -1.71. The zero-order valence-corrected chi connectivity index (χ0v) is 8.91. The summed E-state index contributed by atoms with van der Waals surface area (Å²) in [7, 11) is 1.55. The standard InChI is InChI=1S/C11H15NO3/c1-8(13)12-6-5-9-3-4-10(15-2)7-11(9)14/h3-4,7,14H,5-6H2,1-2H3,(H,12,13). The monoisotopic (exact) mass is 209 g/mol. The van der Waals surface area contributed by atoms with Crippen molar-refractivity contribution in [2.75, 3.05) is 13.7 Å². The number of phenols is 1. The van der Waals surface area contributed by atoms with Crippen molar-refractivity contribution in [3.05, 3.63) is 23.8 Å². The first-order valence-corrected chi connectivity index (χ1v) is 4.74. The second-order valence-electron chi connectivity index (χ2n) is 3.23. The Balaban J connectivity index is 2.58. The molecule has 0 aromatic heterocycles. The van der Waals surface area contributed by atoms with Crippen LogP contribution in [0.25, 0.3) is 0 Å². The lowest BCUT2D eigenvalue weighted by Gasteiger charge is -2.07. The fraction of sp³-hybridized carbons (Fsp3) is 0.364. The van der Waals surface area contributed by atoms with Gasteiger partial charge in [0.05, 0.1) is 7.11 Å². The molecule has 0 saturated carbocycles. The van der Waals surface area contributed by atoms with Crippen LogP contribution in [0.15, 0.2) is 18.2 Å². The molecule has 1 aromatic carbocycles. The predicted octanol–water partition coefficient (Wildman–Crippen LogP) is 1.08. The van der Waals surface area contributed by atoms with Crippen LogP contribution in [-0.4, -0.2) is 24.7 Å². The molecule has 4 nitrogen and oxygen atoms in total. The SMILES string of the molecule is COc1ccc(CCNC(C)=O)c(O)c1. The summed E-state index contributed by atoms with van der Waals surface area (Å²) in [4.78, 5) is 10.6. The predicted molar refractivity (Wildman–Crippen MR) is 57.0 cm³/mol. The smallest absolute Gasteiger partial charge is 0.216 e. The van der Waals surface area contributed by atoms with Crippen molar-refractivity contribution >= 4 is 5.91 Å². The van der Waals surface area contributed by atoms with Crippen LogP contribution in [0.5, 0.6) is 11.5 Å². The molecular weight excluding hydrogens is 194 g/mol.